The molecule has 0 saturated heterocycles. The Kier molecular flexibility index (Phi) is 5.89. The Hall–Kier alpha value is -3.00. The van der Waals surface area contributed by atoms with E-state index in [1.165, 1.54) is 13.2 Å². The van der Waals surface area contributed by atoms with E-state index >= 15 is 0 Å². The van der Waals surface area contributed by atoms with Gasteiger partial charge in [0.15, 0.2) is 11.5 Å². The maximum atomic E-state index is 12.4. The first-order chi connectivity index (χ1) is 13.4. The highest BCUT2D eigenvalue weighted by molar-refractivity contribution is 5.43. The number of aryl methyl sites for hydroxylation is 1. The molecule has 0 saturated carbocycles. The van der Waals surface area contributed by atoms with Crippen molar-refractivity contribution >= 4 is 5.65 Å². The van der Waals surface area contributed by atoms with Crippen molar-refractivity contribution in [2.75, 3.05) is 14.2 Å². The van der Waals surface area contributed by atoms with Gasteiger partial charge in [0.2, 0.25) is 0 Å². The molecule has 0 fully saturated rings. The fraction of sp³-hybridized carbons (Fsp3) is 0.300. The van der Waals surface area contributed by atoms with Crippen molar-refractivity contribution < 1.29 is 23.2 Å². The molecule has 1 unspecified atom stereocenters. The van der Waals surface area contributed by atoms with Gasteiger partial charge in [0.25, 0.3) is 5.56 Å². The van der Waals surface area contributed by atoms with Crippen LogP contribution < -0.4 is 19.9 Å². The lowest BCUT2D eigenvalue weighted by Gasteiger charge is -2.16. The van der Waals surface area contributed by atoms with E-state index in [0.29, 0.717) is 24.4 Å². The second-order valence-corrected chi connectivity index (χ2v) is 6.62. The summed E-state index contributed by atoms with van der Waals surface area (Å²) in [6.45, 7) is 0.0918. The van der Waals surface area contributed by atoms with Crippen LogP contribution in [0.15, 0.2) is 47.3 Å². The van der Waals surface area contributed by atoms with Crippen molar-refractivity contribution in [1.29, 1.82) is 0 Å². The molecule has 0 spiro atoms. The number of pyridine rings is 1. The average molecular weight is 390 g/mol. The van der Waals surface area contributed by atoms with Crippen molar-refractivity contribution in [3.63, 3.8) is 0 Å². The minimum Gasteiger partial charge on any atom is -0.493 e. The second-order valence-electron chi connectivity index (χ2n) is 6.62. The molecule has 1 aromatic carbocycles. The van der Waals surface area contributed by atoms with Crippen LogP contribution in [-0.2, 0) is 13.1 Å². The molecular formula is C20H22F2N3O3+. The maximum Gasteiger partial charge on any atom is 0.387 e. The molecule has 0 aliphatic rings. The number of nitrogens with one attached hydrogen (secondary N) is 1. The van der Waals surface area contributed by atoms with Gasteiger partial charge in [-0.05, 0) is 37.3 Å². The zero-order valence-corrected chi connectivity index (χ0v) is 15.9. The molecule has 3 rings (SSSR count). The van der Waals surface area contributed by atoms with Gasteiger partial charge in [0, 0.05) is 17.3 Å². The molecule has 2 aromatic heterocycles. The number of quaternary nitrogens is 1. The molecule has 0 bridgehead atoms. The van der Waals surface area contributed by atoms with Crippen LogP contribution in [0.1, 0.15) is 17.0 Å². The fourth-order valence-corrected chi connectivity index (χ4v) is 3.19. The summed E-state index contributed by atoms with van der Waals surface area (Å²) in [6, 6.07) is 11.9. The molecule has 0 amide bonds. The largest absolute Gasteiger partial charge is 0.493 e. The van der Waals surface area contributed by atoms with E-state index < -0.39 is 6.61 Å². The van der Waals surface area contributed by atoms with E-state index in [-0.39, 0.29) is 17.1 Å². The number of hydrogen-bond donors (Lipinski definition) is 1. The lowest BCUT2D eigenvalue weighted by Crippen LogP contribution is -3.06. The van der Waals surface area contributed by atoms with E-state index in [4.69, 9.17) is 4.74 Å². The van der Waals surface area contributed by atoms with Gasteiger partial charge in [-0.25, -0.2) is 4.98 Å². The van der Waals surface area contributed by atoms with Gasteiger partial charge in [0.05, 0.1) is 14.2 Å². The predicted molar refractivity (Wildman–Crippen MR) is 100 cm³/mol. The van der Waals surface area contributed by atoms with E-state index in [1.54, 1.807) is 28.7 Å². The molecule has 0 aliphatic heterocycles. The third-order valence-electron chi connectivity index (χ3n) is 4.37. The van der Waals surface area contributed by atoms with Gasteiger partial charge in [-0.2, -0.15) is 8.78 Å². The lowest BCUT2D eigenvalue weighted by molar-refractivity contribution is -0.908. The summed E-state index contributed by atoms with van der Waals surface area (Å²) >= 11 is 0. The first kappa shape index (κ1) is 19.8. The summed E-state index contributed by atoms with van der Waals surface area (Å²) in [7, 11) is 3.37. The average Bonchev–Trinajstić information content (AvgIpc) is 2.62. The molecular weight excluding hydrogens is 368 g/mol. The van der Waals surface area contributed by atoms with Crippen LogP contribution in [0.25, 0.3) is 5.65 Å². The summed E-state index contributed by atoms with van der Waals surface area (Å²) < 4.78 is 36.0. The highest BCUT2D eigenvalue weighted by Gasteiger charge is 2.14. The van der Waals surface area contributed by atoms with Crippen LogP contribution in [0.3, 0.4) is 0 Å². The standard InChI is InChI=1S/C20H21F2N3O3/c1-13-5-4-6-18-23-15(10-19(26)25(13)18)12-24(2)11-14-7-8-16(28-20(21)22)17(9-14)27-3/h4-10,20H,11-12H2,1-3H3/p+1. The Morgan fingerprint density at radius 3 is 2.64 bits per heavy atom. The number of aromatic nitrogens is 2. The summed E-state index contributed by atoms with van der Waals surface area (Å²) in [5, 5.41) is 0. The second kappa shape index (κ2) is 8.35. The lowest BCUT2D eigenvalue weighted by atomic mass is 10.2. The van der Waals surface area contributed by atoms with Crippen molar-refractivity contribution in [3.05, 3.63) is 69.8 Å². The van der Waals surface area contributed by atoms with E-state index in [9.17, 15) is 13.6 Å². The molecule has 0 aliphatic carbocycles. The molecule has 1 N–H and O–H groups in total. The molecule has 8 heteroatoms. The van der Waals surface area contributed by atoms with Crippen LogP contribution in [0, 0.1) is 6.92 Å². The molecule has 148 valence electrons. The topological polar surface area (TPSA) is 57.3 Å². The number of fused-ring (bicyclic) bond motifs is 1. The number of nitrogens with zero attached hydrogens (tertiary/aromatic N) is 2. The van der Waals surface area contributed by atoms with Gasteiger partial charge in [0.1, 0.15) is 24.4 Å². The first-order valence-corrected chi connectivity index (χ1v) is 8.78. The van der Waals surface area contributed by atoms with Crippen molar-refractivity contribution in [1.82, 2.24) is 9.38 Å². The number of benzene rings is 1. The summed E-state index contributed by atoms with van der Waals surface area (Å²) in [5.41, 5.74) is 2.93. The summed E-state index contributed by atoms with van der Waals surface area (Å²) in [5.74, 6) is 0.252. The molecule has 0 radical (unpaired) electrons. The number of hydrogen-bond acceptors (Lipinski definition) is 4. The fourth-order valence-electron chi connectivity index (χ4n) is 3.19. The van der Waals surface area contributed by atoms with Crippen molar-refractivity contribution in [2.24, 2.45) is 0 Å². The zero-order chi connectivity index (χ0) is 20.3. The maximum absolute atomic E-state index is 12.4. The minimum atomic E-state index is -2.91. The third-order valence-corrected chi connectivity index (χ3v) is 4.37. The van der Waals surface area contributed by atoms with E-state index in [2.05, 4.69) is 9.72 Å². The number of ether oxygens (including phenoxy) is 2. The third kappa shape index (κ3) is 4.45. The Balaban J connectivity index is 1.76. The Morgan fingerprint density at radius 2 is 1.93 bits per heavy atom. The van der Waals surface area contributed by atoms with E-state index in [1.807, 2.05) is 26.1 Å². The highest BCUT2D eigenvalue weighted by Crippen LogP contribution is 2.29. The van der Waals surface area contributed by atoms with Crippen molar-refractivity contribution in [2.45, 2.75) is 26.6 Å². The highest BCUT2D eigenvalue weighted by atomic mass is 19.3. The quantitative estimate of drug-likeness (QED) is 0.669. The monoisotopic (exact) mass is 390 g/mol. The molecule has 1 atom stereocenters. The predicted octanol–water partition coefficient (Wildman–Crippen LogP) is 1.83. The molecule has 28 heavy (non-hydrogen) atoms. The van der Waals surface area contributed by atoms with Gasteiger partial charge in [-0.1, -0.05) is 6.07 Å². The molecule has 3 aromatic rings. The normalized spacial score (nSPS) is 12.4. The van der Waals surface area contributed by atoms with E-state index in [0.717, 1.165) is 16.2 Å². The smallest absolute Gasteiger partial charge is 0.387 e. The van der Waals surface area contributed by atoms with Crippen LogP contribution in [0.5, 0.6) is 11.5 Å². The summed E-state index contributed by atoms with van der Waals surface area (Å²) in [4.78, 5) is 18.0. The number of halogens is 2. The number of alkyl halides is 2. The van der Waals surface area contributed by atoms with Crippen LogP contribution in [0.4, 0.5) is 8.78 Å². The first-order valence-electron chi connectivity index (χ1n) is 8.78. The SMILES string of the molecule is COc1cc(C[NH+](C)Cc2cc(=O)n3c(C)cccc3n2)ccc1OC(F)F. The van der Waals surface area contributed by atoms with Crippen molar-refractivity contribution in [3.8, 4) is 11.5 Å². The minimum absolute atomic E-state index is 0.00140. The van der Waals surface area contributed by atoms with Gasteiger partial charge < -0.3 is 14.4 Å². The van der Waals surface area contributed by atoms with Gasteiger partial charge >= 0.3 is 6.61 Å². The zero-order valence-electron chi connectivity index (χ0n) is 15.9. The number of rotatable bonds is 7. The molecule has 2 heterocycles. The van der Waals surface area contributed by atoms with Gasteiger partial charge in [-0.15, -0.1) is 0 Å². The van der Waals surface area contributed by atoms with Crippen LogP contribution in [-0.4, -0.2) is 30.2 Å². The summed E-state index contributed by atoms with van der Waals surface area (Å²) in [6.07, 6.45) is 0. The number of methoxy groups -OCH3 is 1. The molecule has 6 nitrogen and oxygen atoms in total. The Labute approximate surface area is 161 Å². The van der Waals surface area contributed by atoms with Gasteiger partial charge in [-0.3, -0.25) is 9.20 Å². The van der Waals surface area contributed by atoms with Crippen LogP contribution in [0.2, 0.25) is 0 Å². The van der Waals surface area contributed by atoms with Crippen LogP contribution >= 0.6 is 0 Å². The Bertz CT molecular complexity index is 1040. The Morgan fingerprint density at radius 1 is 1.14 bits per heavy atom.